The van der Waals surface area contributed by atoms with Crippen LogP contribution in [-0.4, -0.2) is 24.3 Å². The first-order valence-corrected chi connectivity index (χ1v) is 9.41. The first-order valence-electron chi connectivity index (χ1n) is 7.52. The SMILES string of the molecule is CS(=O)(=O)c1ccc(CN(c2ccc(C#N)cc2)n2ccnc2)cc1. The van der Waals surface area contributed by atoms with E-state index >= 15 is 0 Å². The highest BCUT2D eigenvalue weighted by Crippen LogP contribution is 2.20. The molecule has 3 rings (SSSR count). The average Bonchev–Trinajstić information content (AvgIpc) is 3.14. The van der Waals surface area contributed by atoms with Crippen LogP contribution in [0.1, 0.15) is 11.1 Å². The maximum atomic E-state index is 11.6. The van der Waals surface area contributed by atoms with E-state index in [-0.39, 0.29) is 0 Å². The Morgan fingerprint density at radius 1 is 1.12 bits per heavy atom. The predicted molar refractivity (Wildman–Crippen MR) is 94.5 cm³/mol. The summed E-state index contributed by atoms with van der Waals surface area (Å²) < 4.78 is 25.0. The van der Waals surface area contributed by atoms with Crippen LogP contribution in [0, 0.1) is 11.3 Å². The number of benzene rings is 2. The summed E-state index contributed by atoms with van der Waals surface area (Å²) in [5, 5.41) is 10.9. The lowest BCUT2D eigenvalue weighted by Gasteiger charge is -2.25. The van der Waals surface area contributed by atoms with E-state index in [4.69, 9.17) is 5.26 Å². The van der Waals surface area contributed by atoms with Crippen LogP contribution in [0.2, 0.25) is 0 Å². The Morgan fingerprint density at radius 2 is 1.80 bits per heavy atom. The van der Waals surface area contributed by atoms with E-state index in [1.807, 2.05) is 28.0 Å². The lowest BCUT2D eigenvalue weighted by atomic mass is 10.2. The largest absolute Gasteiger partial charge is 0.276 e. The molecule has 0 saturated heterocycles. The number of nitriles is 1. The van der Waals surface area contributed by atoms with E-state index in [1.165, 1.54) is 6.26 Å². The third kappa shape index (κ3) is 3.87. The van der Waals surface area contributed by atoms with Crippen molar-refractivity contribution in [1.29, 1.82) is 5.26 Å². The van der Waals surface area contributed by atoms with Crippen LogP contribution < -0.4 is 5.01 Å². The summed E-state index contributed by atoms with van der Waals surface area (Å²) in [5.41, 5.74) is 2.43. The molecule has 3 aromatic rings. The fourth-order valence-electron chi connectivity index (χ4n) is 2.42. The number of sulfone groups is 1. The van der Waals surface area contributed by atoms with E-state index in [0.717, 1.165) is 11.3 Å². The smallest absolute Gasteiger partial charge is 0.175 e. The molecule has 1 aromatic heterocycles. The van der Waals surface area contributed by atoms with Crippen molar-refractivity contribution in [1.82, 2.24) is 9.66 Å². The molecule has 0 aliphatic heterocycles. The molecule has 1 heterocycles. The molecule has 0 amide bonds. The second kappa shape index (κ2) is 6.79. The topological polar surface area (TPSA) is 79.0 Å². The van der Waals surface area contributed by atoms with Gasteiger partial charge in [-0.1, -0.05) is 12.1 Å². The summed E-state index contributed by atoms with van der Waals surface area (Å²) in [6, 6.07) is 16.1. The molecular formula is C18H16N4O2S. The van der Waals surface area contributed by atoms with Crippen LogP contribution in [0.3, 0.4) is 0 Å². The molecule has 0 radical (unpaired) electrons. The summed E-state index contributed by atoms with van der Waals surface area (Å²) in [4.78, 5) is 4.38. The number of hydrogen-bond acceptors (Lipinski definition) is 5. The maximum Gasteiger partial charge on any atom is 0.175 e. The molecule has 0 atom stereocenters. The van der Waals surface area contributed by atoms with Gasteiger partial charge in [-0.15, -0.1) is 0 Å². The first kappa shape index (κ1) is 16.7. The molecule has 0 spiro atoms. The van der Waals surface area contributed by atoms with Gasteiger partial charge in [-0.2, -0.15) is 5.26 Å². The molecule has 0 saturated carbocycles. The molecule has 0 N–H and O–H groups in total. The Balaban J connectivity index is 1.92. The zero-order valence-corrected chi connectivity index (χ0v) is 14.4. The normalized spacial score (nSPS) is 11.0. The monoisotopic (exact) mass is 352 g/mol. The van der Waals surface area contributed by atoms with Gasteiger partial charge in [-0.25, -0.2) is 18.1 Å². The third-order valence-corrected chi connectivity index (χ3v) is 4.88. The number of aromatic nitrogens is 2. The van der Waals surface area contributed by atoms with Gasteiger partial charge in [0.15, 0.2) is 9.84 Å². The minimum atomic E-state index is -3.21. The van der Waals surface area contributed by atoms with Gasteiger partial charge in [0.25, 0.3) is 0 Å². The summed E-state index contributed by atoms with van der Waals surface area (Å²) >= 11 is 0. The van der Waals surface area contributed by atoms with Gasteiger partial charge in [0, 0.05) is 18.6 Å². The van der Waals surface area contributed by atoms with Gasteiger partial charge in [-0.3, -0.25) is 5.01 Å². The van der Waals surface area contributed by atoms with Crippen molar-refractivity contribution in [2.75, 3.05) is 11.3 Å². The fourth-order valence-corrected chi connectivity index (χ4v) is 3.05. The zero-order valence-electron chi connectivity index (χ0n) is 13.6. The Morgan fingerprint density at radius 3 is 2.32 bits per heavy atom. The Hall–Kier alpha value is -3.11. The van der Waals surface area contributed by atoms with Crippen molar-refractivity contribution < 1.29 is 8.42 Å². The van der Waals surface area contributed by atoms with E-state index < -0.39 is 9.84 Å². The second-order valence-electron chi connectivity index (χ2n) is 5.58. The van der Waals surface area contributed by atoms with Gasteiger partial charge < -0.3 is 0 Å². The second-order valence-corrected chi connectivity index (χ2v) is 7.59. The van der Waals surface area contributed by atoms with Gasteiger partial charge in [0.2, 0.25) is 0 Å². The number of hydrogen-bond donors (Lipinski definition) is 0. The van der Waals surface area contributed by atoms with Crippen LogP contribution in [0.4, 0.5) is 5.69 Å². The predicted octanol–water partition coefficient (Wildman–Crippen LogP) is 2.63. The Labute approximate surface area is 146 Å². The molecule has 126 valence electrons. The number of imidazole rings is 1. The highest BCUT2D eigenvalue weighted by atomic mass is 32.2. The minimum Gasteiger partial charge on any atom is -0.276 e. The van der Waals surface area contributed by atoms with E-state index in [0.29, 0.717) is 17.0 Å². The molecule has 0 aliphatic carbocycles. The summed E-state index contributed by atoms with van der Waals surface area (Å²) in [5.74, 6) is 0. The molecule has 6 nitrogen and oxygen atoms in total. The van der Waals surface area contributed by atoms with Crippen LogP contribution >= 0.6 is 0 Å². The molecule has 25 heavy (non-hydrogen) atoms. The van der Waals surface area contributed by atoms with Gasteiger partial charge in [0.1, 0.15) is 6.33 Å². The molecule has 2 aromatic carbocycles. The van der Waals surface area contributed by atoms with Crippen molar-refractivity contribution in [3.8, 4) is 6.07 Å². The molecular weight excluding hydrogens is 336 g/mol. The molecule has 0 aliphatic rings. The molecule has 0 unspecified atom stereocenters. The van der Waals surface area contributed by atoms with Crippen LogP contribution in [-0.2, 0) is 16.4 Å². The number of nitrogens with zero attached hydrogens (tertiary/aromatic N) is 4. The van der Waals surface area contributed by atoms with E-state index in [2.05, 4.69) is 11.1 Å². The van der Waals surface area contributed by atoms with E-state index in [1.54, 1.807) is 48.9 Å². The highest BCUT2D eigenvalue weighted by Gasteiger charge is 2.11. The standard InChI is InChI=1S/C18H16N4O2S/c1-25(23,24)18-8-4-16(5-9-18)13-22(21-11-10-20-14-21)17-6-2-15(12-19)3-7-17/h2-11,14H,13H2,1H3. The quantitative estimate of drug-likeness (QED) is 0.705. The van der Waals surface area contributed by atoms with Crippen LogP contribution in [0.15, 0.2) is 72.1 Å². The van der Waals surface area contributed by atoms with Gasteiger partial charge in [0.05, 0.1) is 28.8 Å². The van der Waals surface area contributed by atoms with Crippen molar-refractivity contribution in [3.05, 3.63) is 78.4 Å². The van der Waals surface area contributed by atoms with Crippen molar-refractivity contribution >= 4 is 15.5 Å². The number of anilines is 1. The van der Waals surface area contributed by atoms with Crippen LogP contribution in [0.25, 0.3) is 0 Å². The summed E-state index contributed by atoms with van der Waals surface area (Å²) in [7, 11) is -3.21. The maximum absolute atomic E-state index is 11.6. The summed E-state index contributed by atoms with van der Waals surface area (Å²) in [6.07, 6.45) is 6.38. The highest BCUT2D eigenvalue weighted by molar-refractivity contribution is 7.90. The number of rotatable bonds is 5. The van der Waals surface area contributed by atoms with E-state index in [9.17, 15) is 8.42 Å². The average molecular weight is 352 g/mol. The third-order valence-electron chi connectivity index (χ3n) is 3.75. The molecule has 0 bridgehead atoms. The molecule has 0 fully saturated rings. The lowest BCUT2D eigenvalue weighted by molar-refractivity contribution is 0.602. The zero-order chi connectivity index (χ0) is 17.9. The Kier molecular flexibility index (Phi) is 4.55. The molecule has 7 heteroatoms. The fraction of sp³-hybridized carbons (Fsp3) is 0.111. The van der Waals surface area contributed by atoms with Crippen LogP contribution in [0.5, 0.6) is 0 Å². The van der Waals surface area contributed by atoms with Crippen molar-refractivity contribution in [2.24, 2.45) is 0 Å². The van der Waals surface area contributed by atoms with Crippen molar-refractivity contribution in [3.63, 3.8) is 0 Å². The van der Waals surface area contributed by atoms with Crippen molar-refractivity contribution in [2.45, 2.75) is 11.4 Å². The van der Waals surface area contributed by atoms with Gasteiger partial charge in [-0.05, 0) is 42.0 Å². The lowest BCUT2D eigenvalue weighted by Crippen LogP contribution is -2.27. The Bertz CT molecular complexity index is 987. The minimum absolute atomic E-state index is 0.295. The summed E-state index contributed by atoms with van der Waals surface area (Å²) in [6.45, 7) is 0.520. The first-order chi connectivity index (χ1) is 12.0. The van der Waals surface area contributed by atoms with Gasteiger partial charge >= 0.3 is 0 Å².